The zero-order chi connectivity index (χ0) is 26.7. The molecule has 214 valence electrons. The molecule has 0 saturated heterocycles. The number of benzene rings is 2. The van der Waals surface area contributed by atoms with E-state index < -0.39 is 0 Å². The molecule has 4 nitrogen and oxygen atoms in total. The highest BCUT2D eigenvalue weighted by molar-refractivity contribution is 7.07. The first kappa shape index (κ1) is 33.0. The van der Waals surface area contributed by atoms with Crippen LogP contribution in [0.4, 0.5) is 5.69 Å². The van der Waals surface area contributed by atoms with Gasteiger partial charge in [0.1, 0.15) is 5.75 Å². The van der Waals surface area contributed by atoms with Crippen molar-refractivity contribution in [3.8, 4) is 5.75 Å². The Morgan fingerprint density at radius 2 is 1.44 bits per heavy atom. The largest absolute Gasteiger partial charge is 1.00 e. The van der Waals surface area contributed by atoms with Crippen molar-refractivity contribution in [3.63, 3.8) is 0 Å². The van der Waals surface area contributed by atoms with Gasteiger partial charge in [0.25, 0.3) is 5.91 Å². The van der Waals surface area contributed by atoms with Crippen molar-refractivity contribution < 1.29 is 31.1 Å². The summed E-state index contributed by atoms with van der Waals surface area (Å²) >= 11 is 1.67. The lowest BCUT2D eigenvalue weighted by Gasteiger charge is -2.10. The minimum Gasteiger partial charge on any atom is -1.00 e. The van der Waals surface area contributed by atoms with Crippen LogP contribution in [0.2, 0.25) is 0 Å². The molecule has 0 bridgehead atoms. The molecule has 0 aliphatic carbocycles. The first-order valence-corrected chi connectivity index (χ1v) is 15.7. The van der Waals surface area contributed by atoms with Crippen LogP contribution in [-0.4, -0.2) is 12.5 Å². The van der Waals surface area contributed by atoms with Gasteiger partial charge in [0.05, 0.1) is 12.0 Å². The monoisotopic (exact) mass is 614 g/mol. The highest BCUT2D eigenvalue weighted by atomic mass is 79.9. The van der Waals surface area contributed by atoms with E-state index in [0.29, 0.717) is 5.56 Å². The molecule has 0 aliphatic heterocycles. The average molecular weight is 616 g/mol. The summed E-state index contributed by atoms with van der Waals surface area (Å²) in [7, 11) is 0. The summed E-state index contributed by atoms with van der Waals surface area (Å²) in [6.07, 6.45) is 21.0. The third-order valence-corrected chi connectivity index (χ3v) is 7.64. The summed E-state index contributed by atoms with van der Waals surface area (Å²) in [6, 6.07) is 15.5. The molecule has 0 saturated carbocycles. The first-order chi connectivity index (χ1) is 18.7. The Labute approximate surface area is 251 Å². The van der Waals surface area contributed by atoms with Gasteiger partial charge in [0.2, 0.25) is 5.51 Å². The van der Waals surface area contributed by atoms with Crippen LogP contribution in [-0.2, 0) is 6.54 Å². The molecule has 3 rings (SSSR count). The van der Waals surface area contributed by atoms with E-state index in [2.05, 4.69) is 33.9 Å². The van der Waals surface area contributed by atoms with Crippen LogP contribution in [0, 0.1) is 0 Å². The number of unbranched alkanes of at least 4 members (excludes halogenated alkanes) is 13. The highest BCUT2D eigenvalue weighted by Gasteiger charge is 2.09. The smallest absolute Gasteiger partial charge is 0.255 e. The molecule has 0 unspecified atom stereocenters. The third kappa shape index (κ3) is 14.1. The van der Waals surface area contributed by atoms with E-state index in [4.69, 9.17) is 4.74 Å². The number of carbonyl (C=O) groups is 1. The van der Waals surface area contributed by atoms with Crippen LogP contribution in [0.1, 0.15) is 113 Å². The fraction of sp³-hybridized carbons (Fsp3) is 0.515. The molecule has 1 aromatic heterocycles. The lowest BCUT2D eigenvalue weighted by atomic mass is 10.0. The molecule has 6 heteroatoms. The number of hydrogen-bond donors (Lipinski definition) is 1. The van der Waals surface area contributed by atoms with Crippen molar-refractivity contribution in [1.82, 2.24) is 0 Å². The molecule has 0 atom stereocenters. The molecule has 0 spiro atoms. The predicted octanol–water partition coefficient (Wildman–Crippen LogP) is 6.20. The quantitative estimate of drug-likeness (QED) is 0.122. The number of nitrogens with zero attached hydrogens (tertiary/aromatic N) is 1. The zero-order valence-corrected chi connectivity index (χ0v) is 26.1. The van der Waals surface area contributed by atoms with Crippen molar-refractivity contribution in [2.75, 3.05) is 11.9 Å². The van der Waals surface area contributed by atoms with Crippen LogP contribution >= 0.6 is 11.3 Å². The molecule has 0 radical (unpaired) electrons. The molecular weight excluding hydrogens is 568 g/mol. The zero-order valence-electron chi connectivity index (χ0n) is 23.7. The minimum absolute atomic E-state index is 0. The van der Waals surface area contributed by atoms with E-state index in [-0.39, 0.29) is 22.9 Å². The molecule has 2 aromatic carbocycles. The molecule has 0 fully saturated rings. The van der Waals surface area contributed by atoms with Gasteiger partial charge in [-0.2, -0.15) is 4.57 Å². The molecule has 1 N–H and O–H groups in total. The van der Waals surface area contributed by atoms with Crippen LogP contribution in [0.3, 0.4) is 0 Å². The minimum atomic E-state index is -0.108. The lowest BCUT2D eigenvalue weighted by Crippen LogP contribution is -3.00. The SMILES string of the molecule is CCCCCCCCCCCCCCCCOc1cccc(NC(=O)c2ccc(C[n+]3ccsc3)cc2)c1.[Br-]. The van der Waals surface area contributed by atoms with Gasteiger partial charge in [-0.3, -0.25) is 4.79 Å². The van der Waals surface area contributed by atoms with Crippen molar-refractivity contribution >= 4 is 22.9 Å². The second kappa shape index (κ2) is 20.7. The number of aromatic nitrogens is 1. The van der Waals surface area contributed by atoms with Gasteiger partial charge in [0, 0.05) is 22.9 Å². The van der Waals surface area contributed by atoms with E-state index in [1.54, 1.807) is 11.3 Å². The number of thiazole rings is 1. The number of rotatable bonds is 20. The maximum atomic E-state index is 12.7. The number of anilines is 1. The first-order valence-electron chi connectivity index (χ1n) is 14.8. The number of carbonyl (C=O) groups excluding carboxylic acids is 1. The van der Waals surface area contributed by atoms with Gasteiger partial charge in [-0.25, -0.2) is 0 Å². The van der Waals surface area contributed by atoms with E-state index in [1.165, 1.54) is 89.0 Å². The van der Waals surface area contributed by atoms with E-state index in [1.807, 2.05) is 48.5 Å². The molecule has 1 amide bonds. The Morgan fingerprint density at radius 3 is 2.03 bits per heavy atom. The summed E-state index contributed by atoms with van der Waals surface area (Å²) in [5.74, 6) is 0.699. The molecular formula is C33H47BrN2O2S. The Morgan fingerprint density at radius 1 is 0.821 bits per heavy atom. The number of amides is 1. The number of hydrogen-bond acceptors (Lipinski definition) is 3. The Hall–Kier alpha value is -2.18. The van der Waals surface area contributed by atoms with Gasteiger partial charge < -0.3 is 27.0 Å². The molecule has 1 heterocycles. The van der Waals surface area contributed by atoms with Crippen molar-refractivity contribution in [1.29, 1.82) is 0 Å². The molecule has 0 aliphatic rings. The number of halogens is 1. The summed E-state index contributed by atoms with van der Waals surface area (Å²) in [5.41, 5.74) is 4.66. The molecule has 39 heavy (non-hydrogen) atoms. The summed E-state index contributed by atoms with van der Waals surface area (Å²) < 4.78 is 8.08. The third-order valence-electron chi connectivity index (χ3n) is 6.97. The predicted molar refractivity (Wildman–Crippen MR) is 160 cm³/mol. The van der Waals surface area contributed by atoms with Crippen molar-refractivity contribution in [3.05, 3.63) is 76.7 Å². The van der Waals surface area contributed by atoms with Gasteiger partial charge >= 0.3 is 0 Å². The standard InChI is InChI=1S/C33H46N2O2S.BrH/c1-2-3-4-5-6-7-8-9-10-11-12-13-14-15-24-37-32-18-16-17-31(26-32)34-33(36)30-21-19-29(20-22-30)27-35-23-25-38-28-35;/h16-23,25-26,28H,2-15,24,27H2,1H3;1H. The van der Waals surface area contributed by atoms with Gasteiger partial charge in [-0.1, -0.05) is 120 Å². The summed E-state index contributed by atoms with van der Waals surface area (Å²) in [4.78, 5) is 12.7. The second-order valence-corrected chi connectivity index (χ2v) is 11.1. The summed E-state index contributed by atoms with van der Waals surface area (Å²) in [6.45, 7) is 3.81. The fourth-order valence-electron chi connectivity index (χ4n) is 4.68. The van der Waals surface area contributed by atoms with Crippen LogP contribution < -0.4 is 31.6 Å². The Balaban J connectivity index is 0.00000533. The lowest BCUT2D eigenvalue weighted by molar-refractivity contribution is -0.683. The fourth-order valence-corrected chi connectivity index (χ4v) is 5.28. The number of nitrogens with one attached hydrogen (secondary N) is 1. The number of ether oxygens (including phenoxy) is 1. The van der Waals surface area contributed by atoms with Gasteiger partial charge in [-0.05, 0) is 30.7 Å². The van der Waals surface area contributed by atoms with Crippen LogP contribution in [0.25, 0.3) is 0 Å². The topological polar surface area (TPSA) is 42.2 Å². The molecule has 3 aromatic rings. The normalized spacial score (nSPS) is 10.7. The maximum Gasteiger partial charge on any atom is 0.255 e. The maximum absolute atomic E-state index is 12.7. The van der Waals surface area contributed by atoms with E-state index >= 15 is 0 Å². The van der Waals surface area contributed by atoms with Crippen LogP contribution in [0.15, 0.2) is 65.6 Å². The van der Waals surface area contributed by atoms with E-state index in [9.17, 15) is 4.79 Å². The second-order valence-electron chi connectivity index (χ2n) is 10.3. The van der Waals surface area contributed by atoms with Crippen molar-refractivity contribution in [2.45, 2.75) is 103 Å². The average Bonchev–Trinajstić information content (AvgIpc) is 3.44. The van der Waals surface area contributed by atoms with Gasteiger partial charge in [0.15, 0.2) is 12.7 Å². The van der Waals surface area contributed by atoms with Gasteiger partial charge in [-0.15, -0.1) is 0 Å². The highest BCUT2D eigenvalue weighted by Crippen LogP contribution is 2.19. The van der Waals surface area contributed by atoms with E-state index in [0.717, 1.165) is 31.0 Å². The van der Waals surface area contributed by atoms with Crippen molar-refractivity contribution in [2.24, 2.45) is 0 Å². The van der Waals surface area contributed by atoms with Crippen LogP contribution in [0.5, 0.6) is 5.75 Å². The summed E-state index contributed by atoms with van der Waals surface area (Å²) in [5, 5.41) is 5.05. The Bertz CT molecular complexity index is 1020. The Kier molecular flexibility index (Phi) is 17.5.